The summed E-state index contributed by atoms with van der Waals surface area (Å²) in [5, 5.41) is 6.14. The second-order valence-electron chi connectivity index (χ2n) is 4.51. The van der Waals surface area contributed by atoms with Crippen LogP contribution in [0.5, 0.6) is 0 Å². The van der Waals surface area contributed by atoms with E-state index in [9.17, 15) is 4.79 Å². The monoisotopic (exact) mass is 200 g/mol. The van der Waals surface area contributed by atoms with Crippen molar-refractivity contribution in [3.8, 4) is 0 Å². The molecule has 3 nitrogen and oxygen atoms in total. The molecule has 2 N–H and O–H groups in total. The highest BCUT2D eigenvalue weighted by atomic mass is 16.2. The summed E-state index contributed by atoms with van der Waals surface area (Å²) in [5.41, 5.74) is -0.155. The van der Waals surface area contributed by atoms with Crippen LogP contribution in [-0.4, -0.2) is 24.5 Å². The van der Waals surface area contributed by atoms with Gasteiger partial charge in [-0.2, -0.15) is 0 Å². The van der Waals surface area contributed by atoms with Gasteiger partial charge in [-0.1, -0.05) is 13.8 Å². The number of hydrogen-bond donors (Lipinski definition) is 2. The molecule has 2 atom stereocenters. The van der Waals surface area contributed by atoms with Gasteiger partial charge in [0.1, 0.15) is 0 Å². The van der Waals surface area contributed by atoms with Crippen LogP contribution in [0.25, 0.3) is 0 Å². The molecule has 0 fully saturated rings. The van der Waals surface area contributed by atoms with Crippen LogP contribution in [0.1, 0.15) is 41.0 Å². The molecule has 0 spiro atoms. The van der Waals surface area contributed by atoms with E-state index < -0.39 is 0 Å². The van der Waals surface area contributed by atoms with Crippen LogP contribution in [0.3, 0.4) is 0 Å². The fraction of sp³-hybridized carbons (Fsp3) is 0.909. The van der Waals surface area contributed by atoms with Gasteiger partial charge in [-0.05, 0) is 34.2 Å². The first-order chi connectivity index (χ1) is 6.35. The zero-order valence-corrected chi connectivity index (χ0v) is 10.3. The quantitative estimate of drug-likeness (QED) is 0.706. The lowest BCUT2D eigenvalue weighted by molar-refractivity contribution is -0.127. The van der Waals surface area contributed by atoms with E-state index in [2.05, 4.69) is 17.6 Å². The van der Waals surface area contributed by atoms with Gasteiger partial charge in [-0.3, -0.25) is 4.79 Å². The lowest BCUT2D eigenvalue weighted by atomic mass is 9.88. The Morgan fingerprint density at radius 3 is 2.21 bits per heavy atom. The average molecular weight is 200 g/mol. The van der Waals surface area contributed by atoms with Gasteiger partial charge >= 0.3 is 0 Å². The second-order valence-corrected chi connectivity index (χ2v) is 4.51. The minimum atomic E-state index is -0.155. The standard InChI is InChI=1S/C11H24N2O/c1-7-8(2)13-10(14)9(3)11(4,5)12-6/h8-9,12H,7H2,1-6H3,(H,13,14). The lowest BCUT2D eigenvalue weighted by Gasteiger charge is -2.31. The van der Waals surface area contributed by atoms with Gasteiger partial charge in [0.05, 0.1) is 5.92 Å². The summed E-state index contributed by atoms with van der Waals surface area (Å²) in [5.74, 6) is 0.0974. The highest BCUT2D eigenvalue weighted by Gasteiger charge is 2.29. The molecule has 0 aliphatic rings. The fourth-order valence-corrected chi connectivity index (χ4v) is 1.01. The van der Waals surface area contributed by atoms with Gasteiger partial charge < -0.3 is 10.6 Å². The van der Waals surface area contributed by atoms with Crippen LogP contribution in [0.4, 0.5) is 0 Å². The van der Waals surface area contributed by atoms with E-state index in [4.69, 9.17) is 0 Å². The summed E-state index contributed by atoms with van der Waals surface area (Å²) in [6, 6.07) is 0.262. The van der Waals surface area contributed by atoms with Crippen LogP contribution < -0.4 is 10.6 Å². The zero-order chi connectivity index (χ0) is 11.4. The topological polar surface area (TPSA) is 41.1 Å². The first-order valence-corrected chi connectivity index (χ1v) is 5.34. The Morgan fingerprint density at radius 2 is 1.86 bits per heavy atom. The molecule has 14 heavy (non-hydrogen) atoms. The van der Waals surface area contributed by atoms with E-state index >= 15 is 0 Å². The molecule has 0 heterocycles. The molecule has 0 aromatic heterocycles. The molecule has 0 aromatic carbocycles. The number of hydrogen-bond acceptors (Lipinski definition) is 2. The molecular formula is C11H24N2O. The Labute approximate surface area is 87.6 Å². The van der Waals surface area contributed by atoms with Gasteiger partial charge in [-0.15, -0.1) is 0 Å². The summed E-state index contributed by atoms with van der Waals surface area (Å²) in [6.07, 6.45) is 0.971. The number of amides is 1. The molecule has 0 aliphatic heterocycles. The normalized spacial score (nSPS) is 16.1. The lowest BCUT2D eigenvalue weighted by Crippen LogP contribution is -2.50. The molecule has 3 heteroatoms. The molecule has 0 rings (SSSR count). The van der Waals surface area contributed by atoms with E-state index in [1.54, 1.807) is 0 Å². The zero-order valence-electron chi connectivity index (χ0n) is 10.3. The second kappa shape index (κ2) is 5.35. The highest BCUT2D eigenvalue weighted by molar-refractivity contribution is 5.79. The van der Waals surface area contributed by atoms with Gasteiger partial charge in [0.2, 0.25) is 5.91 Å². The smallest absolute Gasteiger partial charge is 0.224 e. The molecule has 84 valence electrons. The van der Waals surface area contributed by atoms with E-state index in [1.165, 1.54) is 0 Å². The Bertz CT molecular complexity index is 190. The number of carbonyl (C=O) groups is 1. The third kappa shape index (κ3) is 3.66. The summed E-state index contributed by atoms with van der Waals surface area (Å²) in [7, 11) is 1.88. The van der Waals surface area contributed by atoms with Crippen LogP contribution in [0, 0.1) is 5.92 Å². The molecule has 0 bridgehead atoms. The molecule has 0 aliphatic carbocycles. The minimum absolute atomic E-state index is 0.0264. The Morgan fingerprint density at radius 1 is 1.36 bits per heavy atom. The van der Waals surface area contributed by atoms with Crippen LogP contribution in [0.15, 0.2) is 0 Å². The van der Waals surface area contributed by atoms with Crippen molar-refractivity contribution in [3.05, 3.63) is 0 Å². The molecule has 2 unspecified atom stereocenters. The third-order valence-corrected chi connectivity index (χ3v) is 3.12. The summed E-state index contributed by atoms with van der Waals surface area (Å²) in [4.78, 5) is 11.8. The van der Waals surface area contributed by atoms with Crippen molar-refractivity contribution < 1.29 is 4.79 Å². The Hall–Kier alpha value is -0.570. The third-order valence-electron chi connectivity index (χ3n) is 3.12. The first kappa shape index (κ1) is 13.4. The summed E-state index contributed by atoms with van der Waals surface area (Å²) in [6.45, 7) is 10.1. The molecule has 0 saturated heterocycles. The van der Waals surface area contributed by atoms with Gasteiger partial charge in [-0.25, -0.2) is 0 Å². The predicted octanol–water partition coefficient (Wildman–Crippen LogP) is 1.54. The molecule has 0 radical (unpaired) electrons. The summed E-state index contributed by atoms with van der Waals surface area (Å²) >= 11 is 0. The Balaban J connectivity index is 4.25. The van der Waals surface area contributed by atoms with E-state index in [0.717, 1.165) is 6.42 Å². The van der Waals surface area contributed by atoms with Crippen LogP contribution in [0.2, 0.25) is 0 Å². The van der Waals surface area contributed by atoms with Crippen molar-refractivity contribution in [1.29, 1.82) is 0 Å². The van der Waals surface area contributed by atoms with Crippen LogP contribution >= 0.6 is 0 Å². The molecular weight excluding hydrogens is 176 g/mol. The van der Waals surface area contributed by atoms with E-state index in [1.807, 2.05) is 34.7 Å². The van der Waals surface area contributed by atoms with Crippen LogP contribution in [-0.2, 0) is 4.79 Å². The minimum Gasteiger partial charge on any atom is -0.353 e. The van der Waals surface area contributed by atoms with Crippen molar-refractivity contribution >= 4 is 5.91 Å². The number of carbonyl (C=O) groups excluding carboxylic acids is 1. The maximum Gasteiger partial charge on any atom is 0.224 e. The van der Waals surface area contributed by atoms with Crippen molar-refractivity contribution in [2.24, 2.45) is 5.92 Å². The van der Waals surface area contributed by atoms with Gasteiger partial charge in [0.25, 0.3) is 0 Å². The largest absolute Gasteiger partial charge is 0.353 e. The summed E-state index contributed by atoms with van der Waals surface area (Å²) < 4.78 is 0. The molecule has 1 amide bonds. The number of nitrogens with one attached hydrogen (secondary N) is 2. The van der Waals surface area contributed by atoms with Crippen molar-refractivity contribution in [3.63, 3.8) is 0 Å². The highest BCUT2D eigenvalue weighted by Crippen LogP contribution is 2.15. The maximum atomic E-state index is 11.8. The Kier molecular flexibility index (Phi) is 5.13. The number of rotatable bonds is 5. The van der Waals surface area contributed by atoms with Gasteiger partial charge in [0.15, 0.2) is 0 Å². The SMILES string of the molecule is CCC(C)NC(=O)C(C)C(C)(C)NC. The van der Waals surface area contributed by atoms with E-state index in [-0.39, 0.29) is 23.4 Å². The van der Waals surface area contributed by atoms with E-state index in [0.29, 0.717) is 0 Å². The predicted molar refractivity (Wildman–Crippen MR) is 60.2 cm³/mol. The molecule has 0 saturated carbocycles. The first-order valence-electron chi connectivity index (χ1n) is 5.34. The average Bonchev–Trinajstić information content (AvgIpc) is 2.16. The van der Waals surface area contributed by atoms with Crippen molar-refractivity contribution in [2.45, 2.75) is 52.6 Å². The fourth-order valence-electron chi connectivity index (χ4n) is 1.01. The van der Waals surface area contributed by atoms with Crippen molar-refractivity contribution in [1.82, 2.24) is 10.6 Å². The van der Waals surface area contributed by atoms with Gasteiger partial charge in [0, 0.05) is 11.6 Å². The van der Waals surface area contributed by atoms with Crippen molar-refractivity contribution in [2.75, 3.05) is 7.05 Å². The molecule has 0 aromatic rings. The maximum absolute atomic E-state index is 11.8.